The fourth-order valence-corrected chi connectivity index (χ4v) is 5.10. The van der Waals surface area contributed by atoms with E-state index in [9.17, 15) is 14.7 Å². The van der Waals surface area contributed by atoms with Crippen molar-refractivity contribution >= 4 is 46.1 Å². The molecule has 3 aromatic rings. The van der Waals surface area contributed by atoms with Crippen LogP contribution in [0.2, 0.25) is 0 Å². The van der Waals surface area contributed by atoms with Gasteiger partial charge in [-0.2, -0.15) is 0 Å². The van der Waals surface area contributed by atoms with Gasteiger partial charge in [-0.3, -0.25) is 14.6 Å². The minimum absolute atomic E-state index is 0.0420. The number of carbonyl (C=O) groups excluding carboxylic acids is 2. The Morgan fingerprint density at radius 1 is 1.23 bits per heavy atom. The summed E-state index contributed by atoms with van der Waals surface area (Å²) in [5.74, 6) is 0.946. The van der Waals surface area contributed by atoms with E-state index < -0.39 is 11.5 Å². The van der Waals surface area contributed by atoms with Crippen LogP contribution in [0, 0.1) is 0 Å². The highest BCUT2D eigenvalue weighted by Gasteiger charge is 2.40. The van der Waals surface area contributed by atoms with Crippen LogP contribution in [0.3, 0.4) is 0 Å². The number of amides is 2. The molecule has 0 bridgehead atoms. The second kappa shape index (κ2) is 9.76. The number of methoxy groups -OCH3 is 1. The van der Waals surface area contributed by atoms with Crippen molar-refractivity contribution in [2.24, 2.45) is 0 Å². The van der Waals surface area contributed by atoms with Crippen molar-refractivity contribution in [1.82, 2.24) is 20.3 Å². The lowest BCUT2D eigenvalue weighted by molar-refractivity contribution is -0.137. The average molecular weight is 495 g/mol. The van der Waals surface area contributed by atoms with Crippen molar-refractivity contribution in [3.05, 3.63) is 42.2 Å². The number of carbonyl (C=O) groups is 2. The average Bonchev–Trinajstić information content (AvgIpc) is 2.88. The molecule has 1 aliphatic carbocycles. The number of hydrogen-bond donors (Lipinski definition) is 4. The lowest BCUT2D eigenvalue weighted by atomic mass is 9.81. The molecule has 5 rings (SSSR count). The normalized spacial score (nSPS) is 21.8. The molecule has 0 aromatic carbocycles. The molecule has 2 amide bonds. The molecule has 35 heavy (non-hydrogen) atoms. The Labute approximate surface area is 206 Å². The van der Waals surface area contributed by atoms with Gasteiger partial charge in [0.1, 0.15) is 16.9 Å². The molecule has 0 saturated heterocycles. The van der Waals surface area contributed by atoms with E-state index >= 15 is 0 Å². The van der Waals surface area contributed by atoms with Crippen molar-refractivity contribution in [3.8, 4) is 5.88 Å². The monoisotopic (exact) mass is 494 g/mol. The Bertz CT molecular complexity index is 1280. The maximum Gasteiger partial charge on any atom is 0.256 e. The predicted molar refractivity (Wildman–Crippen MR) is 132 cm³/mol. The summed E-state index contributed by atoms with van der Waals surface area (Å²) < 4.78 is 5.19. The Balaban J connectivity index is 1.18. The van der Waals surface area contributed by atoms with E-state index in [-0.39, 0.29) is 11.9 Å². The van der Waals surface area contributed by atoms with E-state index in [1.807, 2.05) is 12.1 Å². The molecule has 3 aromatic heterocycles. The second-order valence-electron chi connectivity index (χ2n) is 8.71. The van der Waals surface area contributed by atoms with Crippen LogP contribution >= 0.6 is 11.8 Å². The van der Waals surface area contributed by atoms with Crippen LogP contribution in [0.25, 0.3) is 11.0 Å². The van der Waals surface area contributed by atoms with E-state index in [2.05, 4.69) is 30.9 Å². The van der Waals surface area contributed by atoms with Gasteiger partial charge >= 0.3 is 0 Å². The molecule has 11 heteroatoms. The molecular weight excluding hydrogens is 468 g/mol. The summed E-state index contributed by atoms with van der Waals surface area (Å²) >= 11 is 1.48. The van der Waals surface area contributed by atoms with Crippen LogP contribution in [0.1, 0.15) is 31.4 Å². The van der Waals surface area contributed by atoms with Gasteiger partial charge in [-0.05, 0) is 49.9 Å². The molecule has 0 unspecified atom stereocenters. The minimum Gasteiger partial charge on any atom is -0.481 e. The summed E-state index contributed by atoms with van der Waals surface area (Å²) in [4.78, 5) is 38.8. The minimum atomic E-state index is -1.46. The number of anilines is 2. The van der Waals surface area contributed by atoms with Crippen molar-refractivity contribution in [2.75, 3.05) is 23.5 Å². The largest absolute Gasteiger partial charge is 0.481 e. The van der Waals surface area contributed by atoms with Gasteiger partial charge in [0.15, 0.2) is 0 Å². The Morgan fingerprint density at radius 2 is 2.06 bits per heavy atom. The lowest BCUT2D eigenvalue weighted by Gasteiger charge is -2.35. The lowest BCUT2D eigenvalue weighted by Crippen LogP contribution is -2.48. The van der Waals surface area contributed by atoms with Gasteiger partial charge in [0, 0.05) is 24.8 Å². The topological polar surface area (TPSA) is 138 Å². The summed E-state index contributed by atoms with van der Waals surface area (Å²) in [7, 11) is 1.52. The highest BCUT2D eigenvalue weighted by molar-refractivity contribution is 8.00. The van der Waals surface area contributed by atoms with Crippen molar-refractivity contribution < 1.29 is 19.4 Å². The van der Waals surface area contributed by atoms with Gasteiger partial charge in [0.25, 0.3) is 5.91 Å². The Kier molecular flexibility index (Phi) is 6.54. The van der Waals surface area contributed by atoms with E-state index in [4.69, 9.17) is 4.74 Å². The first-order valence-corrected chi connectivity index (χ1v) is 12.4. The number of pyridine rings is 3. The third-order valence-electron chi connectivity index (χ3n) is 6.36. The number of aromatic nitrogens is 3. The van der Waals surface area contributed by atoms with Crippen LogP contribution in [0.15, 0.2) is 41.4 Å². The SMILES string of the molecule is COc1ccc2nccc(NC(=O)[C@]3(O)CC[C@@H](NCc4ccc5c(n4)NC(=O)CS5)CC3)c2n1. The van der Waals surface area contributed by atoms with Crippen LogP contribution in [0.5, 0.6) is 5.88 Å². The maximum atomic E-state index is 13.0. The third-order valence-corrected chi connectivity index (χ3v) is 7.40. The number of nitrogens with zero attached hydrogens (tertiary/aromatic N) is 3. The highest BCUT2D eigenvalue weighted by Crippen LogP contribution is 2.32. The number of nitrogens with one attached hydrogen (secondary N) is 3. The van der Waals surface area contributed by atoms with Crippen LogP contribution in [0.4, 0.5) is 11.5 Å². The van der Waals surface area contributed by atoms with Gasteiger partial charge in [-0.1, -0.05) is 0 Å². The summed E-state index contributed by atoms with van der Waals surface area (Å²) in [6.45, 7) is 0.541. The quantitative estimate of drug-likeness (QED) is 0.407. The highest BCUT2D eigenvalue weighted by atomic mass is 32.2. The summed E-state index contributed by atoms with van der Waals surface area (Å²) in [5, 5.41) is 20.2. The molecule has 1 fully saturated rings. The fraction of sp³-hybridized carbons (Fsp3) is 0.375. The molecule has 1 saturated carbocycles. The zero-order chi connectivity index (χ0) is 24.4. The van der Waals surface area contributed by atoms with Crippen molar-refractivity contribution in [1.29, 1.82) is 0 Å². The van der Waals surface area contributed by atoms with Crippen LogP contribution < -0.4 is 20.7 Å². The Hall–Kier alpha value is -3.28. The number of rotatable bonds is 6. The van der Waals surface area contributed by atoms with Gasteiger partial charge in [0.2, 0.25) is 11.8 Å². The maximum absolute atomic E-state index is 13.0. The van der Waals surface area contributed by atoms with Gasteiger partial charge in [0.05, 0.1) is 34.7 Å². The first-order valence-electron chi connectivity index (χ1n) is 11.4. The summed E-state index contributed by atoms with van der Waals surface area (Å²) in [5.41, 5.74) is 0.982. The fourth-order valence-electron chi connectivity index (χ4n) is 4.34. The molecule has 0 spiro atoms. The zero-order valence-corrected chi connectivity index (χ0v) is 20.0. The third kappa shape index (κ3) is 5.07. The molecular formula is C24H26N6O4S. The first kappa shape index (κ1) is 23.5. The smallest absolute Gasteiger partial charge is 0.256 e. The van der Waals surface area contributed by atoms with E-state index in [1.54, 1.807) is 24.4 Å². The summed E-state index contributed by atoms with van der Waals surface area (Å²) in [6, 6.07) is 9.21. The number of thioether (sulfide) groups is 1. The summed E-state index contributed by atoms with van der Waals surface area (Å²) in [6.07, 6.45) is 3.55. The molecule has 4 heterocycles. The van der Waals surface area contributed by atoms with Gasteiger partial charge < -0.3 is 25.8 Å². The molecule has 0 atom stereocenters. The van der Waals surface area contributed by atoms with Crippen LogP contribution in [-0.4, -0.2) is 56.4 Å². The van der Waals surface area contributed by atoms with Gasteiger partial charge in [-0.25, -0.2) is 9.97 Å². The first-order chi connectivity index (χ1) is 16.9. The molecule has 4 N–H and O–H groups in total. The molecule has 10 nitrogen and oxygen atoms in total. The predicted octanol–water partition coefficient (Wildman–Crippen LogP) is 2.48. The molecule has 0 radical (unpaired) electrons. The number of hydrogen-bond acceptors (Lipinski definition) is 9. The van der Waals surface area contributed by atoms with E-state index in [0.29, 0.717) is 66.4 Å². The number of ether oxygens (including phenoxy) is 1. The standard InChI is InChI=1S/C24H26N6O4S/c1-34-20-5-3-16-21(30-20)17(8-11-25-16)28-23(32)24(33)9-6-14(7-10-24)26-12-15-2-4-18-22(27-15)29-19(31)13-35-18/h2-5,8,11,14,26,33H,6-7,9-10,12-13H2,1H3,(H,25,28,32)(H,27,29,31)/t14-,24+. The van der Waals surface area contributed by atoms with Crippen LogP contribution in [-0.2, 0) is 16.1 Å². The Morgan fingerprint density at radius 3 is 2.86 bits per heavy atom. The van der Waals surface area contributed by atoms with Crippen molar-refractivity contribution in [3.63, 3.8) is 0 Å². The molecule has 182 valence electrons. The van der Waals surface area contributed by atoms with E-state index in [0.717, 1.165) is 10.6 Å². The number of aliphatic hydroxyl groups is 1. The van der Waals surface area contributed by atoms with E-state index in [1.165, 1.54) is 18.9 Å². The van der Waals surface area contributed by atoms with Gasteiger partial charge in [-0.15, -0.1) is 11.8 Å². The molecule has 2 aliphatic rings. The second-order valence-corrected chi connectivity index (χ2v) is 9.72. The van der Waals surface area contributed by atoms with Crippen molar-refractivity contribution in [2.45, 2.75) is 48.8 Å². The zero-order valence-electron chi connectivity index (χ0n) is 19.2. The molecule has 1 aliphatic heterocycles. The number of fused-ring (bicyclic) bond motifs is 2.